The lowest BCUT2D eigenvalue weighted by molar-refractivity contribution is 0.238. The van der Waals surface area contributed by atoms with Gasteiger partial charge < -0.3 is 11.1 Å². The first kappa shape index (κ1) is 12.4. The third kappa shape index (κ3) is 3.47. The van der Waals surface area contributed by atoms with Crippen molar-refractivity contribution in [2.75, 3.05) is 5.73 Å². The maximum atomic E-state index is 5.95. The van der Waals surface area contributed by atoms with Gasteiger partial charge in [0.2, 0.25) is 0 Å². The molecule has 0 spiro atoms. The predicted octanol–water partition coefficient (Wildman–Crippen LogP) is 3.18. The lowest BCUT2D eigenvalue weighted by Crippen LogP contribution is -2.36. The Hall–Kier alpha value is -1.02. The first-order valence-electron chi connectivity index (χ1n) is 6.72. The van der Waals surface area contributed by atoms with Gasteiger partial charge in [0.05, 0.1) is 0 Å². The van der Waals surface area contributed by atoms with Gasteiger partial charge in [-0.1, -0.05) is 32.0 Å². The third-order valence-corrected chi connectivity index (χ3v) is 3.81. The Balaban J connectivity index is 1.88. The molecule has 2 atom stereocenters. The molecule has 0 heterocycles. The van der Waals surface area contributed by atoms with Crippen molar-refractivity contribution in [1.29, 1.82) is 0 Å². The van der Waals surface area contributed by atoms with Crippen molar-refractivity contribution in [3.63, 3.8) is 0 Å². The molecule has 2 heteroatoms. The maximum Gasteiger partial charge on any atom is 0.0359 e. The molecule has 2 rings (SSSR count). The minimum Gasteiger partial charge on any atom is -0.398 e. The molecule has 0 aliphatic heterocycles. The monoisotopic (exact) mass is 232 g/mol. The van der Waals surface area contributed by atoms with E-state index in [4.69, 9.17) is 5.73 Å². The van der Waals surface area contributed by atoms with Crippen LogP contribution in [0.4, 0.5) is 5.69 Å². The highest BCUT2D eigenvalue weighted by atomic mass is 14.9. The summed E-state index contributed by atoms with van der Waals surface area (Å²) in [7, 11) is 0. The van der Waals surface area contributed by atoms with Gasteiger partial charge in [-0.15, -0.1) is 0 Å². The van der Waals surface area contributed by atoms with Gasteiger partial charge in [-0.3, -0.25) is 0 Å². The Kier molecular flexibility index (Phi) is 4.06. The van der Waals surface area contributed by atoms with E-state index in [1.54, 1.807) is 0 Å². The maximum absolute atomic E-state index is 5.95. The van der Waals surface area contributed by atoms with Crippen molar-refractivity contribution in [3.05, 3.63) is 29.8 Å². The number of benzene rings is 1. The van der Waals surface area contributed by atoms with Crippen molar-refractivity contribution in [3.8, 4) is 0 Å². The van der Waals surface area contributed by atoms with E-state index in [0.717, 1.165) is 24.1 Å². The molecular formula is C15H24N2. The third-order valence-electron chi connectivity index (χ3n) is 3.81. The number of para-hydroxylation sites is 1. The number of nitrogen functional groups attached to an aromatic ring is 1. The highest BCUT2D eigenvalue weighted by molar-refractivity contribution is 5.46. The van der Waals surface area contributed by atoms with E-state index >= 15 is 0 Å². The fraction of sp³-hybridized carbons (Fsp3) is 0.600. The molecule has 0 bridgehead atoms. The van der Waals surface area contributed by atoms with Crippen LogP contribution in [0, 0.1) is 11.8 Å². The summed E-state index contributed by atoms with van der Waals surface area (Å²) in [5, 5.41) is 3.66. The number of hydrogen-bond donors (Lipinski definition) is 2. The topological polar surface area (TPSA) is 38.0 Å². The van der Waals surface area contributed by atoms with Crippen molar-refractivity contribution in [2.45, 2.75) is 45.7 Å². The average molecular weight is 232 g/mol. The van der Waals surface area contributed by atoms with Crippen molar-refractivity contribution >= 4 is 5.69 Å². The predicted molar refractivity (Wildman–Crippen MR) is 73.7 cm³/mol. The SMILES string of the molecule is CC1CC(C)CC(NCc2ccccc2N)C1. The molecule has 3 N–H and O–H groups in total. The number of anilines is 1. The molecule has 0 radical (unpaired) electrons. The molecule has 0 amide bonds. The van der Waals surface area contributed by atoms with Crippen LogP contribution >= 0.6 is 0 Å². The molecule has 2 unspecified atom stereocenters. The zero-order valence-corrected chi connectivity index (χ0v) is 10.9. The van der Waals surface area contributed by atoms with Crippen molar-refractivity contribution in [2.24, 2.45) is 11.8 Å². The number of rotatable bonds is 3. The Morgan fingerprint density at radius 1 is 1.12 bits per heavy atom. The van der Waals surface area contributed by atoms with Crippen LogP contribution in [-0.4, -0.2) is 6.04 Å². The summed E-state index contributed by atoms with van der Waals surface area (Å²) >= 11 is 0. The normalized spacial score (nSPS) is 29.2. The van der Waals surface area contributed by atoms with Gasteiger partial charge >= 0.3 is 0 Å². The largest absolute Gasteiger partial charge is 0.398 e. The molecular weight excluding hydrogens is 208 g/mol. The van der Waals surface area contributed by atoms with Crippen LogP contribution < -0.4 is 11.1 Å². The fourth-order valence-corrected chi connectivity index (χ4v) is 3.06. The van der Waals surface area contributed by atoms with Crippen LogP contribution in [0.15, 0.2) is 24.3 Å². The van der Waals surface area contributed by atoms with E-state index in [-0.39, 0.29) is 0 Å². The van der Waals surface area contributed by atoms with Gasteiger partial charge in [-0.25, -0.2) is 0 Å². The van der Waals surface area contributed by atoms with Gasteiger partial charge in [0, 0.05) is 18.3 Å². The quantitative estimate of drug-likeness (QED) is 0.785. The highest BCUT2D eigenvalue weighted by Gasteiger charge is 2.23. The summed E-state index contributed by atoms with van der Waals surface area (Å²) in [5.74, 6) is 1.70. The number of hydrogen-bond acceptors (Lipinski definition) is 2. The van der Waals surface area contributed by atoms with Gasteiger partial charge in [0.15, 0.2) is 0 Å². The Morgan fingerprint density at radius 3 is 2.41 bits per heavy atom. The van der Waals surface area contributed by atoms with Gasteiger partial charge in [-0.05, 0) is 42.7 Å². The second-order valence-corrected chi connectivity index (χ2v) is 5.69. The number of nitrogens with two attached hydrogens (primary N) is 1. The van der Waals surface area contributed by atoms with Gasteiger partial charge in [-0.2, -0.15) is 0 Å². The minimum absolute atomic E-state index is 0.661. The minimum atomic E-state index is 0.661. The molecule has 1 aliphatic carbocycles. The van der Waals surface area contributed by atoms with E-state index in [1.165, 1.54) is 24.8 Å². The van der Waals surface area contributed by atoms with Crippen molar-refractivity contribution in [1.82, 2.24) is 5.32 Å². The second kappa shape index (κ2) is 5.54. The zero-order valence-electron chi connectivity index (χ0n) is 10.9. The molecule has 17 heavy (non-hydrogen) atoms. The highest BCUT2D eigenvalue weighted by Crippen LogP contribution is 2.28. The van der Waals surface area contributed by atoms with Crippen LogP contribution in [0.1, 0.15) is 38.7 Å². The molecule has 94 valence electrons. The summed E-state index contributed by atoms with van der Waals surface area (Å²) in [6.45, 7) is 5.62. The smallest absolute Gasteiger partial charge is 0.0359 e. The fourth-order valence-electron chi connectivity index (χ4n) is 3.06. The zero-order chi connectivity index (χ0) is 12.3. The van der Waals surface area contributed by atoms with Gasteiger partial charge in [0.1, 0.15) is 0 Å². The molecule has 1 saturated carbocycles. The molecule has 0 aromatic heterocycles. The molecule has 1 fully saturated rings. The van der Waals surface area contributed by atoms with Crippen LogP contribution in [0.3, 0.4) is 0 Å². The van der Waals surface area contributed by atoms with E-state index < -0.39 is 0 Å². The summed E-state index contributed by atoms with van der Waals surface area (Å²) in [4.78, 5) is 0. The van der Waals surface area contributed by atoms with Gasteiger partial charge in [0.25, 0.3) is 0 Å². The summed E-state index contributed by atoms with van der Waals surface area (Å²) in [6, 6.07) is 8.79. The standard InChI is InChI=1S/C15H24N2/c1-11-7-12(2)9-14(8-11)17-10-13-5-3-4-6-15(13)16/h3-6,11-12,14,17H,7-10,16H2,1-2H3. The van der Waals surface area contributed by atoms with Crippen LogP contribution in [0.5, 0.6) is 0 Å². The molecule has 0 saturated heterocycles. The first-order chi connectivity index (χ1) is 8.15. The second-order valence-electron chi connectivity index (χ2n) is 5.69. The summed E-state index contributed by atoms with van der Waals surface area (Å²) in [6.07, 6.45) is 3.99. The van der Waals surface area contributed by atoms with E-state index in [9.17, 15) is 0 Å². The van der Waals surface area contributed by atoms with Crippen LogP contribution in [-0.2, 0) is 6.54 Å². The Bertz CT molecular complexity index is 352. The summed E-state index contributed by atoms with van der Waals surface area (Å²) < 4.78 is 0. The van der Waals surface area contributed by atoms with Crippen LogP contribution in [0.2, 0.25) is 0 Å². The molecule has 2 nitrogen and oxygen atoms in total. The first-order valence-corrected chi connectivity index (χ1v) is 6.72. The Morgan fingerprint density at radius 2 is 1.76 bits per heavy atom. The number of nitrogens with one attached hydrogen (secondary N) is 1. The lowest BCUT2D eigenvalue weighted by Gasteiger charge is -2.32. The molecule has 1 aromatic rings. The average Bonchev–Trinajstić information content (AvgIpc) is 2.27. The molecule has 1 aromatic carbocycles. The summed E-state index contributed by atoms with van der Waals surface area (Å²) in [5.41, 5.74) is 8.07. The van der Waals surface area contributed by atoms with E-state index in [0.29, 0.717) is 6.04 Å². The van der Waals surface area contributed by atoms with E-state index in [2.05, 4.69) is 31.3 Å². The molecule has 1 aliphatic rings. The lowest BCUT2D eigenvalue weighted by atomic mass is 9.80. The van der Waals surface area contributed by atoms with Crippen molar-refractivity contribution < 1.29 is 0 Å². The van der Waals surface area contributed by atoms with Crippen LogP contribution in [0.25, 0.3) is 0 Å². The van der Waals surface area contributed by atoms with E-state index in [1.807, 2.05) is 12.1 Å². The Labute approximate surface area is 105 Å².